The van der Waals surface area contributed by atoms with Gasteiger partial charge in [0.2, 0.25) is 0 Å². The second-order valence-corrected chi connectivity index (χ2v) is 10.1. The summed E-state index contributed by atoms with van der Waals surface area (Å²) in [6, 6.07) is 0.664. The molecule has 4 aliphatic carbocycles. The van der Waals surface area contributed by atoms with E-state index in [0.29, 0.717) is 28.7 Å². The number of ether oxygens (including phenoxy) is 1. The Morgan fingerprint density at radius 2 is 1.74 bits per heavy atom. The fourth-order valence-corrected chi connectivity index (χ4v) is 7.37. The van der Waals surface area contributed by atoms with Gasteiger partial charge in [0.25, 0.3) is 11.9 Å². The Morgan fingerprint density at radius 3 is 2.26 bits per heavy atom. The normalized spacial score (nSPS) is 51.1. The average molecular weight is 318 g/mol. The van der Waals surface area contributed by atoms with Crippen molar-refractivity contribution in [3.05, 3.63) is 0 Å². The molecule has 4 bridgehead atoms. The van der Waals surface area contributed by atoms with Crippen LogP contribution in [0, 0.1) is 28.1 Å². The largest absolute Gasteiger partial charge is 0.451 e. The van der Waals surface area contributed by atoms with Gasteiger partial charge in [-0.05, 0) is 68.1 Å². The number of amides is 1. The van der Waals surface area contributed by atoms with Crippen molar-refractivity contribution in [2.24, 2.45) is 33.1 Å². The third-order valence-corrected chi connectivity index (χ3v) is 6.77. The van der Waals surface area contributed by atoms with E-state index in [9.17, 15) is 4.79 Å². The summed E-state index contributed by atoms with van der Waals surface area (Å²) >= 11 is 0. The highest BCUT2D eigenvalue weighted by Crippen LogP contribution is 2.72. The van der Waals surface area contributed by atoms with Gasteiger partial charge >= 0.3 is 0 Å². The lowest BCUT2D eigenvalue weighted by molar-refractivity contribution is -0.200. The topological polar surface area (TPSA) is 50.7 Å². The van der Waals surface area contributed by atoms with Crippen molar-refractivity contribution in [1.82, 2.24) is 5.32 Å². The first-order valence-electron chi connectivity index (χ1n) is 9.17. The van der Waals surface area contributed by atoms with Crippen LogP contribution < -0.4 is 5.32 Å². The number of carbonyl (C=O) groups excluding carboxylic acids is 1. The van der Waals surface area contributed by atoms with Crippen molar-refractivity contribution in [2.45, 2.75) is 78.9 Å². The maximum atomic E-state index is 12.5. The van der Waals surface area contributed by atoms with Gasteiger partial charge in [0.1, 0.15) is 0 Å². The minimum atomic E-state index is -0.363. The summed E-state index contributed by atoms with van der Waals surface area (Å²) in [5, 5.41) is 3.16. The summed E-state index contributed by atoms with van der Waals surface area (Å²) in [6.45, 7) is 11.4. The quantitative estimate of drug-likeness (QED) is 0.847. The van der Waals surface area contributed by atoms with Crippen LogP contribution in [0.15, 0.2) is 4.99 Å². The molecule has 0 spiro atoms. The van der Waals surface area contributed by atoms with Gasteiger partial charge in [0.15, 0.2) is 6.10 Å². The zero-order valence-electron chi connectivity index (χ0n) is 15.1. The van der Waals surface area contributed by atoms with Crippen molar-refractivity contribution >= 4 is 11.9 Å². The van der Waals surface area contributed by atoms with Crippen LogP contribution in [0.3, 0.4) is 0 Å². The number of hydrogen-bond donors (Lipinski definition) is 1. The van der Waals surface area contributed by atoms with E-state index in [-0.39, 0.29) is 23.5 Å². The molecule has 4 heteroatoms. The molecular formula is C19H30N2O2. The van der Waals surface area contributed by atoms with Gasteiger partial charge in [0, 0.05) is 12.0 Å². The highest BCUT2D eigenvalue weighted by atomic mass is 16.5. The van der Waals surface area contributed by atoms with E-state index < -0.39 is 0 Å². The molecule has 5 rings (SSSR count). The first kappa shape index (κ1) is 15.5. The Balaban J connectivity index is 1.61. The van der Waals surface area contributed by atoms with E-state index in [1.165, 1.54) is 32.1 Å². The van der Waals surface area contributed by atoms with Crippen LogP contribution in [0.2, 0.25) is 0 Å². The molecule has 0 aromatic heterocycles. The highest BCUT2D eigenvalue weighted by molar-refractivity contribution is 5.98. The van der Waals surface area contributed by atoms with Crippen molar-refractivity contribution in [3.63, 3.8) is 0 Å². The van der Waals surface area contributed by atoms with Gasteiger partial charge in [-0.3, -0.25) is 4.79 Å². The second kappa shape index (κ2) is 4.52. The first-order valence-corrected chi connectivity index (χ1v) is 9.17. The molecular weight excluding hydrogens is 288 g/mol. The molecule has 0 aromatic rings. The molecule has 0 aromatic carbocycles. The van der Waals surface area contributed by atoms with Crippen LogP contribution in [0.5, 0.6) is 0 Å². The Hall–Kier alpha value is -1.06. The Bertz CT molecular complexity index is 564. The molecule has 0 saturated heterocycles. The van der Waals surface area contributed by atoms with Gasteiger partial charge < -0.3 is 10.1 Å². The van der Waals surface area contributed by atoms with Gasteiger partial charge in [-0.15, -0.1) is 0 Å². The SMILES string of the molecule is CC(C)NC1=NC(=O)C(C2C3CC4(C)CC(C)(C3)CC2(C)C4)O1. The molecule has 4 atom stereocenters. The fourth-order valence-electron chi connectivity index (χ4n) is 7.37. The maximum Gasteiger partial charge on any atom is 0.293 e. The molecule has 1 aliphatic heterocycles. The number of hydrogen-bond acceptors (Lipinski definition) is 3. The zero-order chi connectivity index (χ0) is 16.6. The summed E-state index contributed by atoms with van der Waals surface area (Å²) in [6.07, 6.45) is 5.97. The summed E-state index contributed by atoms with van der Waals surface area (Å²) < 4.78 is 6.03. The van der Waals surface area contributed by atoms with Gasteiger partial charge in [-0.2, -0.15) is 4.99 Å². The van der Waals surface area contributed by atoms with E-state index in [2.05, 4.69) is 31.1 Å². The maximum absolute atomic E-state index is 12.5. The zero-order valence-corrected chi connectivity index (χ0v) is 15.1. The minimum Gasteiger partial charge on any atom is -0.451 e. The molecule has 128 valence electrons. The van der Waals surface area contributed by atoms with Crippen LogP contribution in [0.4, 0.5) is 0 Å². The second-order valence-electron chi connectivity index (χ2n) is 10.1. The Labute approximate surface area is 139 Å². The van der Waals surface area contributed by atoms with Crippen molar-refractivity contribution in [3.8, 4) is 0 Å². The summed E-state index contributed by atoms with van der Waals surface area (Å²) in [5.74, 6) is 0.864. The number of nitrogens with one attached hydrogen (secondary N) is 1. The molecule has 1 heterocycles. The molecule has 4 fully saturated rings. The average Bonchev–Trinajstić information content (AvgIpc) is 2.63. The fraction of sp³-hybridized carbons (Fsp3) is 0.895. The number of rotatable bonds is 2. The lowest BCUT2D eigenvalue weighted by Gasteiger charge is -2.68. The van der Waals surface area contributed by atoms with E-state index >= 15 is 0 Å². The lowest BCUT2D eigenvalue weighted by atomic mass is 9.37. The molecule has 4 nitrogen and oxygen atoms in total. The molecule has 23 heavy (non-hydrogen) atoms. The van der Waals surface area contributed by atoms with E-state index in [1.54, 1.807) is 0 Å². The lowest BCUT2D eigenvalue weighted by Crippen LogP contribution is -2.62. The minimum absolute atomic E-state index is 0.0674. The van der Waals surface area contributed by atoms with Crippen molar-refractivity contribution in [2.75, 3.05) is 0 Å². The van der Waals surface area contributed by atoms with Crippen molar-refractivity contribution < 1.29 is 9.53 Å². The molecule has 4 saturated carbocycles. The van der Waals surface area contributed by atoms with Crippen LogP contribution in [0.1, 0.15) is 66.7 Å². The van der Waals surface area contributed by atoms with E-state index in [1.807, 2.05) is 13.8 Å². The molecule has 4 unspecified atom stereocenters. The smallest absolute Gasteiger partial charge is 0.293 e. The standard InChI is InChI=1S/C19H30N2O2/c1-11(2)20-16-21-15(22)14(23-16)13-12-6-17(3)8-18(4,7-12)10-19(13,5)9-17/h11-14H,6-10H2,1-5H3,(H,20,21,22). The molecule has 0 radical (unpaired) electrons. The first-order chi connectivity index (χ1) is 10.6. The van der Waals surface area contributed by atoms with Gasteiger partial charge in [-0.25, -0.2) is 0 Å². The van der Waals surface area contributed by atoms with Crippen LogP contribution in [0.25, 0.3) is 0 Å². The number of aliphatic imine (C=N–C) groups is 1. The number of amidine groups is 1. The number of nitrogens with zero attached hydrogens (tertiary/aromatic N) is 1. The summed E-state index contributed by atoms with van der Waals surface area (Å²) in [4.78, 5) is 16.7. The highest BCUT2D eigenvalue weighted by Gasteiger charge is 2.65. The van der Waals surface area contributed by atoms with Crippen LogP contribution in [-0.4, -0.2) is 24.1 Å². The Morgan fingerprint density at radius 1 is 1.13 bits per heavy atom. The Kier molecular flexibility index (Phi) is 3.04. The monoisotopic (exact) mass is 318 g/mol. The third kappa shape index (κ3) is 2.32. The predicted octanol–water partition coefficient (Wildman–Crippen LogP) is 3.51. The predicted molar refractivity (Wildman–Crippen MR) is 90.0 cm³/mol. The van der Waals surface area contributed by atoms with Gasteiger partial charge in [0.05, 0.1) is 0 Å². The van der Waals surface area contributed by atoms with Crippen LogP contribution in [-0.2, 0) is 9.53 Å². The summed E-state index contributed by atoms with van der Waals surface area (Å²) in [5.41, 5.74) is 1.14. The van der Waals surface area contributed by atoms with Crippen LogP contribution >= 0.6 is 0 Å². The summed E-state index contributed by atoms with van der Waals surface area (Å²) in [7, 11) is 0. The van der Waals surface area contributed by atoms with E-state index in [4.69, 9.17) is 4.74 Å². The van der Waals surface area contributed by atoms with Gasteiger partial charge in [-0.1, -0.05) is 20.8 Å². The molecule has 5 aliphatic rings. The number of carbonyl (C=O) groups is 1. The van der Waals surface area contributed by atoms with E-state index in [0.717, 1.165) is 0 Å². The third-order valence-electron chi connectivity index (χ3n) is 6.77. The molecule has 1 amide bonds. The van der Waals surface area contributed by atoms with Crippen molar-refractivity contribution in [1.29, 1.82) is 0 Å². The molecule has 1 N–H and O–H groups in total.